The summed E-state index contributed by atoms with van der Waals surface area (Å²) in [5.74, 6) is 0. The molecular formula is C12H21NO2S. The largest absolute Gasteiger partial charge is 0.389 e. The van der Waals surface area contributed by atoms with Crippen LogP contribution in [0, 0.1) is 0 Å². The third-order valence-corrected chi connectivity index (χ3v) is 3.03. The van der Waals surface area contributed by atoms with E-state index in [0.29, 0.717) is 13.2 Å². The first-order valence-electron chi connectivity index (χ1n) is 5.64. The number of rotatable bonds is 7. The van der Waals surface area contributed by atoms with Crippen LogP contribution in [0.25, 0.3) is 0 Å². The Labute approximate surface area is 101 Å². The van der Waals surface area contributed by atoms with E-state index >= 15 is 0 Å². The summed E-state index contributed by atoms with van der Waals surface area (Å²) in [5, 5.41) is 17.1. The summed E-state index contributed by atoms with van der Waals surface area (Å²) in [6, 6.07) is 2.37. The highest BCUT2D eigenvalue weighted by Crippen LogP contribution is 2.15. The van der Waals surface area contributed by atoms with Crippen LogP contribution >= 0.6 is 11.3 Å². The van der Waals surface area contributed by atoms with E-state index in [1.807, 2.05) is 13.8 Å². The van der Waals surface area contributed by atoms with Gasteiger partial charge in [-0.1, -0.05) is 0 Å². The molecule has 0 spiro atoms. The molecule has 0 saturated carbocycles. The molecule has 0 radical (unpaired) electrons. The summed E-state index contributed by atoms with van der Waals surface area (Å²) >= 11 is 1.69. The van der Waals surface area contributed by atoms with Gasteiger partial charge < -0.3 is 15.2 Å². The first-order valence-corrected chi connectivity index (χ1v) is 6.59. The van der Waals surface area contributed by atoms with E-state index in [2.05, 4.69) is 29.1 Å². The monoisotopic (exact) mass is 243 g/mol. The van der Waals surface area contributed by atoms with Crippen LogP contribution in [0.4, 0.5) is 0 Å². The van der Waals surface area contributed by atoms with Gasteiger partial charge in [-0.25, -0.2) is 0 Å². The topological polar surface area (TPSA) is 41.5 Å². The summed E-state index contributed by atoms with van der Waals surface area (Å²) in [6.45, 7) is 6.98. The molecule has 1 aromatic rings. The zero-order valence-corrected chi connectivity index (χ0v) is 11.0. The zero-order chi connectivity index (χ0) is 12.0. The predicted molar refractivity (Wildman–Crippen MR) is 67.8 cm³/mol. The third-order valence-electron chi connectivity index (χ3n) is 2.32. The standard InChI is InChI=1S/C12H21NO2S/c1-9(2)15-7-12(14)6-13-10(3)11-4-5-16-8-11/h4-5,8-10,12-14H,6-7H2,1-3H3. The van der Waals surface area contributed by atoms with Gasteiger partial charge in [0, 0.05) is 12.6 Å². The van der Waals surface area contributed by atoms with Gasteiger partial charge in [-0.2, -0.15) is 11.3 Å². The minimum atomic E-state index is -0.441. The Balaban J connectivity index is 2.19. The average Bonchev–Trinajstić information content (AvgIpc) is 2.76. The van der Waals surface area contributed by atoms with Crippen molar-refractivity contribution in [3.8, 4) is 0 Å². The van der Waals surface area contributed by atoms with Crippen molar-refractivity contribution in [2.45, 2.75) is 39.0 Å². The van der Waals surface area contributed by atoms with Crippen LogP contribution in [0.15, 0.2) is 16.8 Å². The summed E-state index contributed by atoms with van der Waals surface area (Å²) < 4.78 is 5.34. The molecule has 0 fully saturated rings. The molecule has 2 unspecified atom stereocenters. The lowest BCUT2D eigenvalue weighted by molar-refractivity contribution is 0.00561. The van der Waals surface area contributed by atoms with Crippen LogP contribution in [0.1, 0.15) is 32.4 Å². The lowest BCUT2D eigenvalue weighted by atomic mass is 10.2. The first-order chi connectivity index (χ1) is 7.59. The summed E-state index contributed by atoms with van der Waals surface area (Å²) in [7, 11) is 0. The zero-order valence-electron chi connectivity index (χ0n) is 10.1. The maximum absolute atomic E-state index is 9.66. The number of hydrogen-bond donors (Lipinski definition) is 2. The summed E-state index contributed by atoms with van der Waals surface area (Å²) in [4.78, 5) is 0. The maximum Gasteiger partial charge on any atom is 0.0898 e. The fourth-order valence-corrected chi connectivity index (χ4v) is 2.07. The average molecular weight is 243 g/mol. The van der Waals surface area contributed by atoms with Gasteiger partial charge in [-0.05, 0) is 43.2 Å². The molecule has 1 heterocycles. The third kappa shape index (κ3) is 5.07. The number of nitrogens with one attached hydrogen (secondary N) is 1. The fraction of sp³-hybridized carbons (Fsp3) is 0.667. The molecule has 1 aromatic heterocycles. The van der Waals surface area contributed by atoms with Crippen LogP contribution in [-0.4, -0.2) is 30.5 Å². The lowest BCUT2D eigenvalue weighted by Crippen LogP contribution is -2.32. The van der Waals surface area contributed by atoms with E-state index in [0.717, 1.165) is 0 Å². The van der Waals surface area contributed by atoms with E-state index in [-0.39, 0.29) is 12.1 Å². The second-order valence-corrected chi connectivity index (χ2v) is 5.00. The molecule has 0 aliphatic carbocycles. The van der Waals surface area contributed by atoms with E-state index in [4.69, 9.17) is 4.74 Å². The van der Waals surface area contributed by atoms with Gasteiger partial charge in [0.2, 0.25) is 0 Å². The molecule has 0 aliphatic rings. The van der Waals surface area contributed by atoms with Gasteiger partial charge in [0.25, 0.3) is 0 Å². The Bertz CT molecular complexity index is 275. The summed E-state index contributed by atoms with van der Waals surface area (Å²) in [5.41, 5.74) is 1.27. The van der Waals surface area contributed by atoms with Gasteiger partial charge in [0.1, 0.15) is 0 Å². The Morgan fingerprint density at radius 1 is 1.44 bits per heavy atom. The molecule has 0 amide bonds. The van der Waals surface area contributed by atoms with Crippen LogP contribution in [0.3, 0.4) is 0 Å². The van der Waals surface area contributed by atoms with Crippen molar-refractivity contribution in [2.24, 2.45) is 0 Å². The van der Waals surface area contributed by atoms with Crippen LogP contribution in [0.5, 0.6) is 0 Å². The molecule has 4 heteroatoms. The highest BCUT2D eigenvalue weighted by molar-refractivity contribution is 7.07. The van der Waals surface area contributed by atoms with Crippen molar-refractivity contribution in [1.29, 1.82) is 0 Å². The van der Waals surface area contributed by atoms with Crippen molar-refractivity contribution in [2.75, 3.05) is 13.2 Å². The molecule has 0 aromatic carbocycles. The molecular weight excluding hydrogens is 222 g/mol. The molecule has 2 N–H and O–H groups in total. The van der Waals surface area contributed by atoms with Crippen LogP contribution in [0.2, 0.25) is 0 Å². The minimum absolute atomic E-state index is 0.170. The van der Waals surface area contributed by atoms with Gasteiger partial charge >= 0.3 is 0 Å². The molecule has 0 aliphatic heterocycles. The van der Waals surface area contributed by atoms with Crippen LogP contribution in [-0.2, 0) is 4.74 Å². The normalized spacial score (nSPS) is 15.3. The number of hydrogen-bond acceptors (Lipinski definition) is 4. The highest BCUT2D eigenvalue weighted by Gasteiger charge is 2.09. The molecule has 3 nitrogen and oxygen atoms in total. The highest BCUT2D eigenvalue weighted by atomic mass is 32.1. The molecule has 1 rings (SSSR count). The number of aliphatic hydroxyl groups is 1. The van der Waals surface area contributed by atoms with Gasteiger partial charge in [0.05, 0.1) is 18.8 Å². The van der Waals surface area contributed by atoms with E-state index in [1.165, 1.54) is 5.56 Å². The molecule has 0 bridgehead atoms. The predicted octanol–water partition coefficient (Wildman–Crippen LogP) is 2.18. The van der Waals surface area contributed by atoms with Gasteiger partial charge in [0.15, 0.2) is 0 Å². The van der Waals surface area contributed by atoms with Crippen LogP contribution < -0.4 is 5.32 Å². The Morgan fingerprint density at radius 3 is 2.75 bits per heavy atom. The fourth-order valence-electron chi connectivity index (χ4n) is 1.31. The summed E-state index contributed by atoms with van der Waals surface area (Å²) in [6.07, 6.45) is -0.271. The van der Waals surface area contributed by atoms with E-state index < -0.39 is 6.10 Å². The van der Waals surface area contributed by atoms with Gasteiger partial charge in [-0.15, -0.1) is 0 Å². The number of ether oxygens (including phenoxy) is 1. The quantitative estimate of drug-likeness (QED) is 0.771. The van der Waals surface area contributed by atoms with Gasteiger partial charge in [-0.3, -0.25) is 0 Å². The second-order valence-electron chi connectivity index (χ2n) is 4.22. The number of thiophene rings is 1. The van der Waals surface area contributed by atoms with E-state index in [1.54, 1.807) is 11.3 Å². The second kappa shape index (κ2) is 7.01. The van der Waals surface area contributed by atoms with Crippen molar-refractivity contribution in [3.05, 3.63) is 22.4 Å². The van der Waals surface area contributed by atoms with Crippen molar-refractivity contribution >= 4 is 11.3 Å². The molecule has 0 saturated heterocycles. The molecule has 16 heavy (non-hydrogen) atoms. The minimum Gasteiger partial charge on any atom is -0.389 e. The lowest BCUT2D eigenvalue weighted by Gasteiger charge is -2.17. The smallest absolute Gasteiger partial charge is 0.0898 e. The Hall–Kier alpha value is -0.420. The van der Waals surface area contributed by atoms with E-state index in [9.17, 15) is 5.11 Å². The molecule has 2 atom stereocenters. The van der Waals surface area contributed by atoms with Crippen molar-refractivity contribution < 1.29 is 9.84 Å². The van der Waals surface area contributed by atoms with Crippen molar-refractivity contribution in [3.63, 3.8) is 0 Å². The SMILES string of the molecule is CC(C)OCC(O)CNC(C)c1ccsc1. The Kier molecular flexibility index (Phi) is 5.98. The maximum atomic E-state index is 9.66. The van der Waals surface area contributed by atoms with Crippen molar-refractivity contribution in [1.82, 2.24) is 5.32 Å². The number of aliphatic hydroxyl groups excluding tert-OH is 1. The Morgan fingerprint density at radius 2 is 2.19 bits per heavy atom. The first kappa shape index (κ1) is 13.6. The molecule has 92 valence electrons.